The van der Waals surface area contributed by atoms with Crippen molar-refractivity contribution in [3.8, 4) is 0 Å². The summed E-state index contributed by atoms with van der Waals surface area (Å²) >= 11 is 4.69. The van der Waals surface area contributed by atoms with E-state index in [4.69, 9.17) is 5.73 Å². The summed E-state index contributed by atoms with van der Waals surface area (Å²) in [6, 6.07) is -0.600. The average molecular weight is 265 g/mol. The highest BCUT2D eigenvalue weighted by atomic mass is 79.9. The monoisotopic (exact) mass is 264 g/mol. The second-order valence-corrected chi connectivity index (χ2v) is 4.80. The molecule has 1 heterocycles. The summed E-state index contributed by atoms with van der Waals surface area (Å²) in [6.45, 7) is 0. The van der Waals surface area contributed by atoms with Crippen LogP contribution in [0.25, 0.3) is 0 Å². The predicted molar refractivity (Wildman–Crippen MR) is 53.5 cm³/mol. The Morgan fingerprint density at radius 2 is 2.62 bits per heavy atom. The van der Waals surface area contributed by atoms with Crippen molar-refractivity contribution in [2.45, 2.75) is 12.5 Å². The van der Waals surface area contributed by atoms with Gasteiger partial charge in [-0.25, -0.2) is 4.98 Å². The van der Waals surface area contributed by atoms with Crippen LogP contribution < -0.4 is 5.73 Å². The standard InChI is InChI=1S/C7H9BrN2O2S/c1-12-6(11)5(9)2-4-3-10-7(8)13-4/h3,5H,2,9H2,1H3. The van der Waals surface area contributed by atoms with Crippen molar-refractivity contribution < 1.29 is 9.53 Å². The molecule has 1 rings (SSSR count). The van der Waals surface area contributed by atoms with Gasteiger partial charge < -0.3 is 10.5 Å². The van der Waals surface area contributed by atoms with Crippen molar-refractivity contribution >= 4 is 33.2 Å². The number of rotatable bonds is 3. The molecule has 0 saturated carbocycles. The number of methoxy groups -OCH3 is 1. The van der Waals surface area contributed by atoms with E-state index in [0.717, 1.165) is 8.79 Å². The summed E-state index contributed by atoms with van der Waals surface area (Å²) in [7, 11) is 1.32. The number of carbonyl (C=O) groups excluding carboxylic acids is 1. The second kappa shape index (κ2) is 4.69. The zero-order valence-electron chi connectivity index (χ0n) is 6.99. The molecule has 1 unspecified atom stereocenters. The Morgan fingerprint density at radius 1 is 1.92 bits per heavy atom. The Labute approximate surface area is 88.2 Å². The third kappa shape index (κ3) is 3.06. The first-order valence-electron chi connectivity index (χ1n) is 3.57. The van der Waals surface area contributed by atoms with Gasteiger partial charge >= 0.3 is 5.97 Å². The summed E-state index contributed by atoms with van der Waals surface area (Å²) in [4.78, 5) is 15.9. The number of aromatic nitrogens is 1. The van der Waals surface area contributed by atoms with Crippen LogP contribution >= 0.6 is 27.3 Å². The summed E-state index contributed by atoms with van der Waals surface area (Å²) in [5, 5.41) is 0. The summed E-state index contributed by atoms with van der Waals surface area (Å²) in [5.74, 6) is -0.399. The predicted octanol–water partition coefficient (Wildman–Crippen LogP) is 0.948. The number of thiazole rings is 1. The maximum atomic E-state index is 10.9. The first-order chi connectivity index (χ1) is 6.13. The lowest BCUT2D eigenvalue weighted by Gasteiger charge is -2.06. The van der Waals surface area contributed by atoms with Crippen LogP contribution in [0.15, 0.2) is 10.1 Å². The Hall–Kier alpha value is -0.460. The van der Waals surface area contributed by atoms with E-state index in [-0.39, 0.29) is 0 Å². The molecule has 0 saturated heterocycles. The molecule has 2 N–H and O–H groups in total. The highest BCUT2D eigenvalue weighted by Gasteiger charge is 2.15. The molecule has 72 valence electrons. The van der Waals surface area contributed by atoms with Crippen LogP contribution in [0.3, 0.4) is 0 Å². The molecule has 0 fully saturated rings. The first kappa shape index (κ1) is 10.6. The fourth-order valence-electron chi connectivity index (χ4n) is 0.829. The number of carbonyl (C=O) groups is 1. The lowest BCUT2D eigenvalue weighted by Crippen LogP contribution is -2.33. The Kier molecular flexibility index (Phi) is 3.83. The zero-order valence-corrected chi connectivity index (χ0v) is 9.39. The Bertz CT molecular complexity index is 302. The van der Waals surface area contributed by atoms with Crippen LogP contribution in [0, 0.1) is 0 Å². The highest BCUT2D eigenvalue weighted by Crippen LogP contribution is 2.19. The third-order valence-corrected chi connectivity index (χ3v) is 2.95. The molecular formula is C7H9BrN2O2S. The summed E-state index contributed by atoms with van der Waals surface area (Å²) < 4.78 is 5.29. The number of halogens is 1. The Balaban J connectivity index is 2.54. The quantitative estimate of drug-likeness (QED) is 0.826. The van der Waals surface area contributed by atoms with Crippen molar-refractivity contribution in [1.29, 1.82) is 0 Å². The molecule has 0 bridgehead atoms. The van der Waals surface area contributed by atoms with Crippen LogP contribution in [-0.2, 0) is 16.0 Å². The Morgan fingerprint density at radius 3 is 3.08 bits per heavy atom. The van der Waals surface area contributed by atoms with Crippen molar-refractivity contribution in [3.05, 3.63) is 15.0 Å². The molecule has 0 aliphatic rings. The smallest absolute Gasteiger partial charge is 0.323 e. The number of nitrogens with two attached hydrogens (primary N) is 1. The minimum absolute atomic E-state index is 0.399. The fourth-order valence-corrected chi connectivity index (χ4v) is 2.25. The number of esters is 1. The number of ether oxygens (including phenoxy) is 1. The van der Waals surface area contributed by atoms with Gasteiger partial charge in [-0.2, -0.15) is 0 Å². The van der Waals surface area contributed by atoms with Crippen molar-refractivity contribution in [2.24, 2.45) is 5.73 Å². The number of hydrogen-bond acceptors (Lipinski definition) is 5. The molecule has 0 radical (unpaired) electrons. The van der Waals surface area contributed by atoms with Gasteiger partial charge in [-0.15, -0.1) is 11.3 Å². The molecule has 4 nitrogen and oxygen atoms in total. The molecule has 0 spiro atoms. The molecule has 1 aromatic heterocycles. The van der Waals surface area contributed by atoms with E-state index in [1.807, 2.05) is 0 Å². The van der Waals surface area contributed by atoms with Gasteiger partial charge in [0.15, 0.2) is 3.92 Å². The fraction of sp³-hybridized carbons (Fsp3) is 0.429. The van der Waals surface area contributed by atoms with Crippen molar-refractivity contribution in [1.82, 2.24) is 4.98 Å². The van der Waals surface area contributed by atoms with E-state index in [1.165, 1.54) is 18.4 Å². The third-order valence-electron chi connectivity index (χ3n) is 1.45. The molecule has 0 aromatic carbocycles. The molecule has 6 heteroatoms. The van der Waals surface area contributed by atoms with Crippen LogP contribution in [0.1, 0.15) is 4.88 Å². The minimum atomic E-state index is -0.600. The highest BCUT2D eigenvalue weighted by molar-refractivity contribution is 9.11. The largest absolute Gasteiger partial charge is 0.468 e. The van der Waals surface area contributed by atoms with E-state index < -0.39 is 12.0 Å². The van der Waals surface area contributed by atoms with Crippen molar-refractivity contribution in [3.63, 3.8) is 0 Å². The van der Waals surface area contributed by atoms with Gasteiger partial charge in [-0.3, -0.25) is 4.79 Å². The molecule has 1 aromatic rings. The van der Waals surface area contributed by atoms with Crippen LogP contribution in [0.5, 0.6) is 0 Å². The van der Waals surface area contributed by atoms with Crippen LogP contribution in [0.2, 0.25) is 0 Å². The topological polar surface area (TPSA) is 65.2 Å². The van der Waals surface area contributed by atoms with Gasteiger partial charge in [0, 0.05) is 17.5 Å². The second-order valence-electron chi connectivity index (χ2n) is 2.41. The molecule has 0 aliphatic carbocycles. The maximum Gasteiger partial charge on any atom is 0.323 e. The molecule has 0 amide bonds. The van der Waals surface area contributed by atoms with E-state index >= 15 is 0 Å². The van der Waals surface area contributed by atoms with E-state index in [2.05, 4.69) is 25.7 Å². The van der Waals surface area contributed by atoms with Gasteiger partial charge in [0.05, 0.1) is 7.11 Å². The summed E-state index contributed by atoms with van der Waals surface area (Å²) in [5.41, 5.74) is 5.56. The van der Waals surface area contributed by atoms with Gasteiger partial charge in [-0.1, -0.05) is 0 Å². The minimum Gasteiger partial charge on any atom is -0.468 e. The van der Waals surface area contributed by atoms with Gasteiger partial charge in [-0.05, 0) is 15.9 Å². The molecule has 13 heavy (non-hydrogen) atoms. The average Bonchev–Trinajstić information content (AvgIpc) is 2.49. The van der Waals surface area contributed by atoms with E-state index in [9.17, 15) is 4.79 Å². The van der Waals surface area contributed by atoms with E-state index in [0.29, 0.717) is 6.42 Å². The van der Waals surface area contributed by atoms with Crippen LogP contribution in [-0.4, -0.2) is 24.1 Å². The SMILES string of the molecule is COC(=O)C(N)Cc1cnc(Br)s1. The normalized spacial score (nSPS) is 12.5. The molecule has 1 atom stereocenters. The van der Waals surface area contributed by atoms with Gasteiger partial charge in [0.1, 0.15) is 6.04 Å². The zero-order chi connectivity index (χ0) is 9.84. The van der Waals surface area contributed by atoms with Crippen molar-refractivity contribution in [2.75, 3.05) is 7.11 Å². The van der Waals surface area contributed by atoms with E-state index in [1.54, 1.807) is 6.20 Å². The van der Waals surface area contributed by atoms with Crippen LogP contribution in [0.4, 0.5) is 0 Å². The lowest BCUT2D eigenvalue weighted by atomic mass is 10.2. The molecule has 0 aliphatic heterocycles. The maximum absolute atomic E-state index is 10.9. The lowest BCUT2D eigenvalue weighted by molar-refractivity contribution is -0.142. The van der Waals surface area contributed by atoms with Gasteiger partial charge in [0.2, 0.25) is 0 Å². The van der Waals surface area contributed by atoms with Gasteiger partial charge in [0.25, 0.3) is 0 Å². The first-order valence-corrected chi connectivity index (χ1v) is 5.18. The summed E-state index contributed by atoms with van der Waals surface area (Å²) in [6.07, 6.45) is 2.16. The molecular weight excluding hydrogens is 256 g/mol. The number of hydrogen-bond donors (Lipinski definition) is 1. The number of nitrogens with zero attached hydrogens (tertiary/aromatic N) is 1.